The van der Waals surface area contributed by atoms with Crippen molar-refractivity contribution in [2.45, 2.75) is 16.5 Å². The number of urea groups is 1. The van der Waals surface area contributed by atoms with Gasteiger partial charge < -0.3 is 11.5 Å². The Bertz CT molecular complexity index is 379. The molecule has 1 heterocycles. The fourth-order valence-corrected chi connectivity index (χ4v) is 2.48. The number of hydrogen-bond acceptors (Lipinski definition) is 7. The van der Waals surface area contributed by atoms with Crippen LogP contribution in [-0.4, -0.2) is 27.4 Å². The third kappa shape index (κ3) is 3.72. The fraction of sp³-hybridized carbons (Fsp3) is 0.333. The first-order valence-corrected chi connectivity index (χ1v) is 5.54. The summed E-state index contributed by atoms with van der Waals surface area (Å²) >= 11 is 2.33. The van der Waals surface area contributed by atoms with Gasteiger partial charge in [0.2, 0.25) is 11.0 Å². The van der Waals surface area contributed by atoms with Gasteiger partial charge in [-0.1, -0.05) is 23.1 Å². The summed E-state index contributed by atoms with van der Waals surface area (Å²) in [6.07, 6.45) is 0. The number of nitrogens with zero attached hydrogens (tertiary/aromatic N) is 2. The standard InChI is InChI=1S/C6H9N5O2S2/c1-2(3(12)9-4(7)13)14-6-11-10-5(8)15-6/h2H,1H3,(H2,8,10)(H3,7,9,12,13). The molecule has 0 fully saturated rings. The fourth-order valence-electron chi connectivity index (χ4n) is 0.696. The summed E-state index contributed by atoms with van der Waals surface area (Å²) in [5.74, 6) is -0.471. The van der Waals surface area contributed by atoms with E-state index in [1.165, 1.54) is 11.3 Å². The number of carbonyl (C=O) groups is 2. The van der Waals surface area contributed by atoms with Gasteiger partial charge in [-0.05, 0) is 6.92 Å². The Hall–Kier alpha value is -1.35. The molecule has 3 amide bonds. The van der Waals surface area contributed by atoms with Gasteiger partial charge in [0.1, 0.15) is 0 Å². The van der Waals surface area contributed by atoms with Gasteiger partial charge in [0.25, 0.3) is 0 Å². The van der Waals surface area contributed by atoms with Gasteiger partial charge in [0, 0.05) is 0 Å². The Morgan fingerprint density at radius 3 is 2.67 bits per heavy atom. The van der Waals surface area contributed by atoms with E-state index in [1.54, 1.807) is 6.92 Å². The molecule has 9 heteroatoms. The predicted octanol–water partition coefficient (Wildman–Crippen LogP) is -0.204. The van der Waals surface area contributed by atoms with Crippen LogP contribution in [0, 0.1) is 0 Å². The van der Waals surface area contributed by atoms with E-state index in [9.17, 15) is 9.59 Å². The third-order valence-electron chi connectivity index (χ3n) is 1.32. The number of nitrogen functional groups attached to an aromatic ring is 1. The Morgan fingerprint density at radius 1 is 1.53 bits per heavy atom. The van der Waals surface area contributed by atoms with E-state index < -0.39 is 17.2 Å². The van der Waals surface area contributed by atoms with E-state index in [0.717, 1.165) is 11.8 Å². The lowest BCUT2D eigenvalue weighted by atomic mass is 10.4. The van der Waals surface area contributed by atoms with Crippen molar-refractivity contribution in [3.05, 3.63) is 0 Å². The highest BCUT2D eigenvalue weighted by molar-refractivity contribution is 8.02. The summed E-state index contributed by atoms with van der Waals surface area (Å²) in [6.45, 7) is 1.63. The minimum atomic E-state index is -0.871. The molecule has 5 N–H and O–H groups in total. The molecule has 0 saturated carbocycles. The number of hydrogen-bond donors (Lipinski definition) is 3. The molecule has 0 spiro atoms. The Morgan fingerprint density at radius 2 is 2.20 bits per heavy atom. The molecule has 7 nitrogen and oxygen atoms in total. The van der Waals surface area contributed by atoms with Gasteiger partial charge in [-0.2, -0.15) is 0 Å². The van der Waals surface area contributed by atoms with E-state index in [4.69, 9.17) is 11.5 Å². The Kier molecular flexibility index (Phi) is 3.86. The summed E-state index contributed by atoms with van der Waals surface area (Å²) in [5, 5.41) is 9.15. The molecular formula is C6H9N5O2S2. The number of imide groups is 1. The normalized spacial score (nSPS) is 12.1. The molecule has 0 radical (unpaired) electrons. The van der Waals surface area contributed by atoms with E-state index in [2.05, 4.69) is 10.2 Å². The zero-order valence-corrected chi connectivity index (χ0v) is 9.39. The topological polar surface area (TPSA) is 124 Å². The molecule has 0 aromatic carbocycles. The number of nitrogens with one attached hydrogen (secondary N) is 1. The van der Waals surface area contributed by atoms with Gasteiger partial charge >= 0.3 is 6.03 Å². The third-order valence-corrected chi connectivity index (χ3v) is 3.25. The van der Waals surface area contributed by atoms with Crippen LogP contribution in [0.15, 0.2) is 4.34 Å². The summed E-state index contributed by atoms with van der Waals surface area (Å²) < 4.78 is 0.569. The van der Waals surface area contributed by atoms with Crippen molar-refractivity contribution >= 4 is 40.2 Å². The summed E-state index contributed by atoms with van der Waals surface area (Å²) in [4.78, 5) is 21.7. The molecule has 1 aromatic heterocycles. The van der Waals surface area contributed by atoms with Crippen LogP contribution < -0.4 is 16.8 Å². The largest absolute Gasteiger partial charge is 0.374 e. The lowest BCUT2D eigenvalue weighted by Gasteiger charge is -2.06. The van der Waals surface area contributed by atoms with Gasteiger partial charge in [-0.25, -0.2) is 4.79 Å². The van der Waals surface area contributed by atoms with E-state index in [1.807, 2.05) is 5.32 Å². The minimum Gasteiger partial charge on any atom is -0.374 e. The van der Waals surface area contributed by atoms with Crippen molar-refractivity contribution in [3.8, 4) is 0 Å². The molecule has 0 saturated heterocycles. The molecule has 1 atom stereocenters. The van der Waals surface area contributed by atoms with Gasteiger partial charge in [-0.15, -0.1) is 10.2 Å². The number of amides is 3. The molecule has 0 aliphatic carbocycles. The molecule has 0 aliphatic rings. The first kappa shape index (κ1) is 11.7. The second-order valence-corrected chi connectivity index (χ2v) is 5.12. The predicted molar refractivity (Wildman–Crippen MR) is 57.4 cm³/mol. The highest BCUT2D eigenvalue weighted by Gasteiger charge is 2.17. The Balaban J connectivity index is 2.51. The number of aromatic nitrogens is 2. The first-order chi connectivity index (χ1) is 6.99. The number of primary amides is 1. The van der Waals surface area contributed by atoms with Crippen molar-refractivity contribution in [1.82, 2.24) is 15.5 Å². The molecule has 0 aliphatic heterocycles. The van der Waals surface area contributed by atoms with Crippen LogP contribution in [0.5, 0.6) is 0 Å². The maximum Gasteiger partial charge on any atom is 0.318 e. The molecule has 0 bridgehead atoms. The number of carbonyl (C=O) groups excluding carboxylic acids is 2. The monoisotopic (exact) mass is 247 g/mol. The Labute approximate surface area is 93.6 Å². The van der Waals surface area contributed by atoms with Crippen LogP contribution in [0.3, 0.4) is 0 Å². The maximum absolute atomic E-state index is 11.3. The van der Waals surface area contributed by atoms with Crippen molar-refractivity contribution in [3.63, 3.8) is 0 Å². The lowest BCUT2D eigenvalue weighted by Crippen LogP contribution is -2.39. The SMILES string of the molecule is CC(Sc1nnc(N)s1)C(=O)NC(N)=O. The molecular weight excluding hydrogens is 238 g/mol. The van der Waals surface area contributed by atoms with Gasteiger partial charge in [-0.3, -0.25) is 10.1 Å². The van der Waals surface area contributed by atoms with Crippen LogP contribution in [-0.2, 0) is 4.79 Å². The van der Waals surface area contributed by atoms with Gasteiger partial charge in [0.15, 0.2) is 4.34 Å². The summed E-state index contributed by atoms with van der Waals surface area (Å²) in [6, 6.07) is -0.871. The van der Waals surface area contributed by atoms with E-state index >= 15 is 0 Å². The molecule has 1 rings (SSSR count). The zero-order chi connectivity index (χ0) is 11.4. The number of rotatable bonds is 3. The summed E-state index contributed by atoms with van der Waals surface area (Å²) in [7, 11) is 0. The molecule has 1 aromatic rings. The minimum absolute atomic E-state index is 0.333. The second kappa shape index (κ2) is 4.94. The zero-order valence-electron chi connectivity index (χ0n) is 7.76. The van der Waals surface area contributed by atoms with Crippen LogP contribution in [0.2, 0.25) is 0 Å². The molecule has 1 unspecified atom stereocenters. The van der Waals surface area contributed by atoms with Crippen molar-refractivity contribution in [2.24, 2.45) is 5.73 Å². The van der Waals surface area contributed by atoms with Crippen LogP contribution in [0.1, 0.15) is 6.92 Å². The van der Waals surface area contributed by atoms with Crippen LogP contribution in [0.25, 0.3) is 0 Å². The highest BCUT2D eigenvalue weighted by atomic mass is 32.2. The lowest BCUT2D eigenvalue weighted by molar-refractivity contribution is -0.119. The highest BCUT2D eigenvalue weighted by Crippen LogP contribution is 2.27. The van der Waals surface area contributed by atoms with Gasteiger partial charge in [0.05, 0.1) is 5.25 Å². The van der Waals surface area contributed by atoms with E-state index in [0.29, 0.717) is 9.47 Å². The summed E-state index contributed by atoms with van der Waals surface area (Å²) in [5.41, 5.74) is 10.2. The average molecular weight is 247 g/mol. The average Bonchev–Trinajstić information content (AvgIpc) is 2.50. The number of thioether (sulfide) groups is 1. The van der Waals surface area contributed by atoms with Crippen molar-refractivity contribution in [2.75, 3.05) is 5.73 Å². The van der Waals surface area contributed by atoms with E-state index in [-0.39, 0.29) is 0 Å². The molecule has 15 heavy (non-hydrogen) atoms. The van der Waals surface area contributed by atoms with Crippen molar-refractivity contribution in [1.29, 1.82) is 0 Å². The second-order valence-electron chi connectivity index (χ2n) is 2.52. The first-order valence-electron chi connectivity index (χ1n) is 3.85. The maximum atomic E-state index is 11.3. The quantitative estimate of drug-likeness (QED) is 0.635. The van der Waals surface area contributed by atoms with Crippen LogP contribution >= 0.6 is 23.1 Å². The number of anilines is 1. The molecule has 82 valence electrons. The smallest absolute Gasteiger partial charge is 0.318 e. The van der Waals surface area contributed by atoms with Crippen LogP contribution in [0.4, 0.5) is 9.93 Å². The number of nitrogens with two attached hydrogens (primary N) is 2. The van der Waals surface area contributed by atoms with Crippen molar-refractivity contribution < 1.29 is 9.59 Å².